The van der Waals surface area contributed by atoms with Crippen LogP contribution < -0.4 is 5.32 Å². The predicted octanol–water partition coefficient (Wildman–Crippen LogP) is 2.56. The van der Waals surface area contributed by atoms with Crippen molar-refractivity contribution in [2.75, 3.05) is 5.75 Å². The highest BCUT2D eigenvalue weighted by molar-refractivity contribution is 7.99. The molecule has 1 atom stereocenters. The quantitative estimate of drug-likeness (QED) is 0.798. The topological polar surface area (TPSA) is 35.8 Å². The molecule has 1 aromatic rings. The first-order valence-corrected chi connectivity index (χ1v) is 6.30. The molecule has 2 nitrogen and oxygen atoms in total. The molecule has 0 spiro atoms. The van der Waals surface area contributed by atoms with E-state index in [4.69, 9.17) is 5.26 Å². The Morgan fingerprint density at radius 3 is 2.69 bits per heavy atom. The van der Waals surface area contributed by atoms with Crippen LogP contribution in [-0.2, 0) is 0 Å². The average molecular weight is 236 g/mol. The van der Waals surface area contributed by atoms with E-state index in [0.717, 1.165) is 4.90 Å². The molecule has 1 aliphatic rings. The normalized spacial score (nSPS) is 16.8. The number of halogens is 1. The van der Waals surface area contributed by atoms with E-state index in [1.165, 1.54) is 25.0 Å². The summed E-state index contributed by atoms with van der Waals surface area (Å²) in [7, 11) is 0. The summed E-state index contributed by atoms with van der Waals surface area (Å²) in [5, 5.41) is 12.2. The van der Waals surface area contributed by atoms with Gasteiger partial charge in [0.05, 0.1) is 6.07 Å². The van der Waals surface area contributed by atoms with Gasteiger partial charge in [0, 0.05) is 16.7 Å². The zero-order valence-corrected chi connectivity index (χ0v) is 9.64. The van der Waals surface area contributed by atoms with Crippen molar-refractivity contribution in [3.63, 3.8) is 0 Å². The molecule has 4 heteroatoms. The molecule has 1 aromatic carbocycles. The van der Waals surface area contributed by atoms with Gasteiger partial charge in [0.2, 0.25) is 0 Å². The fourth-order valence-electron chi connectivity index (χ4n) is 1.37. The molecule has 1 N–H and O–H groups in total. The summed E-state index contributed by atoms with van der Waals surface area (Å²) in [6.07, 6.45) is 2.36. The zero-order valence-electron chi connectivity index (χ0n) is 8.82. The summed E-state index contributed by atoms with van der Waals surface area (Å²) in [5.74, 6) is 0.482. The van der Waals surface area contributed by atoms with Crippen LogP contribution in [0, 0.1) is 17.1 Å². The molecule has 1 unspecified atom stereocenters. The van der Waals surface area contributed by atoms with Crippen molar-refractivity contribution in [1.82, 2.24) is 5.32 Å². The summed E-state index contributed by atoms with van der Waals surface area (Å²) in [6.45, 7) is 0. The van der Waals surface area contributed by atoms with Gasteiger partial charge in [-0.2, -0.15) is 5.26 Å². The van der Waals surface area contributed by atoms with E-state index < -0.39 is 0 Å². The first kappa shape index (κ1) is 11.4. The zero-order chi connectivity index (χ0) is 11.4. The predicted molar refractivity (Wildman–Crippen MR) is 62.7 cm³/mol. The molecule has 1 fully saturated rings. The van der Waals surface area contributed by atoms with Crippen LogP contribution in [0.4, 0.5) is 4.39 Å². The second-order valence-electron chi connectivity index (χ2n) is 3.89. The average Bonchev–Trinajstić information content (AvgIpc) is 3.10. The Balaban J connectivity index is 1.80. The van der Waals surface area contributed by atoms with Crippen molar-refractivity contribution < 1.29 is 4.39 Å². The number of nitrogens with zero attached hydrogens (tertiary/aromatic N) is 1. The van der Waals surface area contributed by atoms with Gasteiger partial charge in [-0.3, -0.25) is 5.32 Å². The van der Waals surface area contributed by atoms with Crippen LogP contribution in [-0.4, -0.2) is 17.8 Å². The lowest BCUT2D eigenvalue weighted by atomic mass is 10.3. The van der Waals surface area contributed by atoms with Crippen LogP contribution in [0.2, 0.25) is 0 Å². The van der Waals surface area contributed by atoms with Crippen LogP contribution in [0.3, 0.4) is 0 Å². The highest BCUT2D eigenvalue weighted by atomic mass is 32.2. The fourth-order valence-corrected chi connectivity index (χ4v) is 2.23. The number of thioether (sulfide) groups is 1. The fraction of sp³-hybridized carbons (Fsp3) is 0.417. The number of rotatable bonds is 5. The molecular weight excluding hydrogens is 223 g/mol. The van der Waals surface area contributed by atoms with Gasteiger partial charge in [-0.25, -0.2) is 4.39 Å². The molecule has 0 saturated heterocycles. The Hall–Kier alpha value is -1.05. The first-order valence-electron chi connectivity index (χ1n) is 5.32. The van der Waals surface area contributed by atoms with E-state index in [9.17, 15) is 4.39 Å². The van der Waals surface area contributed by atoms with E-state index in [2.05, 4.69) is 11.4 Å². The summed E-state index contributed by atoms with van der Waals surface area (Å²) in [4.78, 5) is 0.999. The summed E-state index contributed by atoms with van der Waals surface area (Å²) in [6, 6.07) is 9.05. The van der Waals surface area contributed by atoms with Crippen molar-refractivity contribution in [2.45, 2.75) is 29.8 Å². The minimum atomic E-state index is -0.225. The van der Waals surface area contributed by atoms with E-state index >= 15 is 0 Å². The Kier molecular flexibility index (Phi) is 3.81. The molecule has 1 aliphatic carbocycles. The van der Waals surface area contributed by atoms with Crippen LogP contribution in [0.5, 0.6) is 0 Å². The molecule has 0 aliphatic heterocycles. The molecule has 0 radical (unpaired) electrons. The maximum Gasteiger partial charge on any atom is 0.123 e. The Labute approximate surface area is 98.8 Å². The van der Waals surface area contributed by atoms with E-state index in [1.807, 2.05) is 0 Å². The second kappa shape index (κ2) is 5.33. The van der Waals surface area contributed by atoms with E-state index in [-0.39, 0.29) is 11.9 Å². The monoisotopic (exact) mass is 236 g/mol. The van der Waals surface area contributed by atoms with Crippen molar-refractivity contribution in [3.05, 3.63) is 30.1 Å². The van der Waals surface area contributed by atoms with Gasteiger partial charge >= 0.3 is 0 Å². The SMILES string of the molecule is N#CC(CSc1ccc(F)cc1)NC1CC1. The summed E-state index contributed by atoms with van der Waals surface area (Å²) in [5.41, 5.74) is 0. The van der Waals surface area contributed by atoms with E-state index in [1.54, 1.807) is 23.9 Å². The number of hydrogen-bond acceptors (Lipinski definition) is 3. The van der Waals surface area contributed by atoms with E-state index in [0.29, 0.717) is 11.8 Å². The number of nitrogens with one attached hydrogen (secondary N) is 1. The third kappa shape index (κ3) is 3.51. The van der Waals surface area contributed by atoms with Crippen LogP contribution in [0.15, 0.2) is 29.2 Å². The lowest BCUT2D eigenvalue weighted by Gasteiger charge is -2.09. The molecule has 2 rings (SSSR count). The minimum absolute atomic E-state index is 0.109. The van der Waals surface area contributed by atoms with Gasteiger partial charge in [0.25, 0.3) is 0 Å². The highest BCUT2D eigenvalue weighted by Crippen LogP contribution is 2.22. The van der Waals surface area contributed by atoms with Gasteiger partial charge in [-0.15, -0.1) is 11.8 Å². The Morgan fingerprint density at radius 1 is 1.44 bits per heavy atom. The smallest absolute Gasteiger partial charge is 0.123 e. The molecule has 16 heavy (non-hydrogen) atoms. The highest BCUT2D eigenvalue weighted by Gasteiger charge is 2.24. The summed E-state index contributed by atoms with van der Waals surface area (Å²) < 4.78 is 12.7. The molecule has 0 amide bonds. The first-order chi connectivity index (χ1) is 7.78. The Morgan fingerprint density at radius 2 is 2.12 bits per heavy atom. The third-order valence-corrected chi connectivity index (χ3v) is 3.51. The van der Waals surface area contributed by atoms with Crippen LogP contribution in [0.25, 0.3) is 0 Å². The molecule has 0 aromatic heterocycles. The number of nitriles is 1. The van der Waals surface area contributed by atoms with Gasteiger partial charge in [0.15, 0.2) is 0 Å². The minimum Gasteiger partial charge on any atom is -0.298 e. The van der Waals surface area contributed by atoms with Gasteiger partial charge < -0.3 is 0 Å². The van der Waals surface area contributed by atoms with Crippen LogP contribution in [0.1, 0.15) is 12.8 Å². The molecule has 0 bridgehead atoms. The van der Waals surface area contributed by atoms with Crippen LogP contribution >= 0.6 is 11.8 Å². The largest absolute Gasteiger partial charge is 0.298 e. The molecule has 84 valence electrons. The lowest BCUT2D eigenvalue weighted by Crippen LogP contribution is -2.31. The Bertz CT molecular complexity index is 381. The van der Waals surface area contributed by atoms with Gasteiger partial charge in [-0.1, -0.05) is 0 Å². The van der Waals surface area contributed by atoms with Crippen molar-refractivity contribution in [3.8, 4) is 6.07 Å². The molecule has 1 saturated carbocycles. The lowest BCUT2D eigenvalue weighted by molar-refractivity contribution is 0.626. The van der Waals surface area contributed by atoms with Gasteiger partial charge in [0.1, 0.15) is 11.9 Å². The molecule has 0 heterocycles. The number of hydrogen-bond donors (Lipinski definition) is 1. The number of benzene rings is 1. The maximum absolute atomic E-state index is 12.7. The second-order valence-corrected chi connectivity index (χ2v) is 4.98. The standard InChI is InChI=1S/C12H13FN2S/c13-9-1-5-12(6-2-9)16-8-11(7-14)15-10-3-4-10/h1-2,5-6,10-11,15H,3-4,8H2. The van der Waals surface area contributed by atoms with Crippen molar-refractivity contribution in [2.24, 2.45) is 0 Å². The molecular formula is C12H13FN2S. The van der Waals surface area contributed by atoms with Crippen molar-refractivity contribution in [1.29, 1.82) is 5.26 Å². The third-order valence-electron chi connectivity index (χ3n) is 2.40. The maximum atomic E-state index is 12.7. The van der Waals surface area contributed by atoms with Gasteiger partial charge in [-0.05, 0) is 37.1 Å². The van der Waals surface area contributed by atoms with Crippen molar-refractivity contribution >= 4 is 11.8 Å². The summed E-state index contributed by atoms with van der Waals surface area (Å²) >= 11 is 1.58.